The normalized spacial score (nSPS) is 15.9. The number of nitro benzene ring substituents is 1. The molecular weight excluding hydrogens is 292 g/mol. The average Bonchev–Trinajstić information content (AvgIpc) is 2.73. The van der Waals surface area contributed by atoms with Gasteiger partial charge in [-0.05, 0) is 30.4 Å². The van der Waals surface area contributed by atoms with E-state index in [0.717, 1.165) is 42.8 Å². The maximum atomic E-state index is 11.0. The smallest absolute Gasteiger partial charge is 0.328 e. The third kappa shape index (κ3) is 4.22. The topological polar surface area (TPSA) is 83.7 Å². The van der Waals surface area contributed by atoms with Crippen molar-refractivity contribution in [3.8, 4) is 0 Å². The van der Waals surface area contributed by atoms with Crippen LogP contribution < -0.4 is 4.90 Å². The van der Waals surface area contributed by atoms with Gasteiger partial charge in [0, 0.05) is 36.7 Å². The molecule has 0 spiro atoms. The summed E-state index contributed by atoms with van der Waals surface area (Å²) in [5.74, 6) is 1.02. The summed E-state index contributed by atoms with van der Waals surface area (Å²) in [5, 5.41) is 19.7. The van der Waals surface area contributed by atoms with Crippen LogP contribution in [0.15, 0.2) is 24.3 Å². The molecule has 0 radical (unpaired) electrons. The lowest BCUT2D eigenvalue weighted by molar-refractivity contribution is -0.385. The highest BCUT2D eigenvalue weighted by atomic mass is 32.2. The number of thioether (sulfide) groups is 1. The summed E-state index contributed by atoms with van der Waals surface area (Å²) in [6.07, 6.45) is 3.27. The number of aliphatic carboxylic acids is 1. The Balaban J connectivity index is 2.33. The van der Waals surface area contributed by atoms with Gasteiger partial charge in [0.2, 0.25) is 0 Å². The predicted molar refractivity (Wildman–Crippen MR) is 83.9 cm³/mol. The molecule has 112 valence electrons. The summed E-state index contributed by atoms with van der Waals surface area (Å²) < 4.78 is 0. The summed E-state index contributed by atoms with van der Waals surface area (Å²) in [5.41, 5.74) is 1.13. The van der Waals surface area contributed by atoms with Crippen LogP contribution in [-0.2, 0) is 4.79 Å². The second kappa shape index (κ2) is 7.12. The van der Waals surface area contributed by atoms with Crippen LogP contribution in [0.2, 0.25) is 0 Å². The van der Waals surface area contributed by atoms with E-state index in [9.17, 15) is 14.9 Å². The van der Waals surface area contributed by atoms with Crippen molar-refractivity contribution >= 4 is 35.2 Å². The molecule has 1 aromatic carbocycles. The van der Waals surface area contributed by atoms with Crippen molar-refractivity contribution < 1.29 is 14.8 Å². The fraction of sp³-hybridized carbons (Fsp3) is 0.357. The van der Waals surface area contributed by atoms with Crippen LogP contribution in [0.25, 0.3) is 6.08 Å². The van der Waals surface area contributed by atoms with Crippen molar-refractivity contribution in [2.75, 3.05) is 29.5 Å². The zero-order valence-electron chi connectivity index (χ0n) is 11.4. The Kier molecular flexibility index (Phi) is 5.21. The van der Waals surface area contributed by atoms with Crippen LogP contribution >= 0.6 is 11.8 Å². The SMILES string of the molecule is O=C(O)/C=C/c1cc(N2CCCSCC2)ccc1[N+](=O)[O-]. The predicted octanol–water partition coefficient (Wildman–Crippen LogP) is 2.64. The van der Waals surface area contributed by atoms with Gasteiger partial charge in [0.25, 0.3) is 5.69 Å². The first-order chi connectivity index (χ1) is 10.1. The van der Waals surface area contributed by atoms with Crippen LogP contribution in [0.3, 0.4) is 0 Å². The molecule has 1 N–H and O–H groups in total. The number of hydrogen-bond acceptors (Lipinski definition) is 5. The van der Waals surface area contributed by atoms with Crippen molar-refractivity contribution in [3.63, 3.8) is 0 Å². The zero-order chi connectivity index (χ0) is 15.2. The highest BCUT2D eigenvalue weighted by Crippen LogP contribution is 2.27. The standard InChI is InChI=1S/C14H16N2O4S/c17-14(18)5-2-11-10-12(3-4-13(11)16(19)20)15-6-1-8-21-9-7-15/h2-5,10H,1,6-9H2,(H,17,18)/b5-2+. The molecule has 0 aromatic heterocycles. The third-order valence-corrected chi connectivity index (χ3v) is 4.25. The molecule has 1 aromatic rings. The Morgan fingerprint density at radius 1 is 1.38 bits per heavy atom. The molecule has 1 saturated heterocycles. The number of hydrogen-bond donors (Lipinski definition) is 1. The molecule has 21 heavy (non-hydrogen) atoms. The quantitative estimate of drug-likeness (QED) is 0.523. The van der Waals surface area contributed by atoms with E-state index in [1.54, 1.807) is 12.1 Å². The Bertz CT molecular complexity index is 566. The minimum Gasteiger partial charge on any atom is -0.478 e. The number of carbonyl (C=O) groups is 1. The fourth-order valence-corrected chi connectivity index (χ4v) is 3.09. The minimum atomic E-state index is -1.12. The lowest BCUT2D eigenvalue weighted by Gasteiger charge is -2.22. The highest BCUT2D eigenvalue weighted by Gasteiger charge is 2.16. The van der Waals surface area contributed by atoms with E-state index >= 15 is 0 Å². The number of benzene rings is 1. The number of nitro groups is 1. The monoisotopic (exact) mass is 308 g/mol. The Labute approximate surface area is 126 Å². The van der Waals surface area contributed by atoms with Gasteiger partial charge in [0.15, 0.2) is 0 Å². The molecule has 2 rings (SSSR count). The maximum absolute atomic E-state index is 11.0. The molecule has 1 heterocycles. The van der Waals surface area contributed by atoms with Crippen LogP contribution in [0, 0.1) is 10.1 Å². The van der Waals surface area contributed by atoms with E-state index in [-0.39, 0.29) is 5.69 Å². The van der Waals surface area contributed by atoms with E-state index in [2.05, 4.69) is 4.90 Å². The molecule has 0 unspecified atom stereocenters. The van der Waals surface area contributed by atoms with Crippen molar-refractivity contribution in [2.45, 2.75) is 6.42 Å². The minimum absolute atomic E-state index is 0.0829. The largest absolute Gasteiger partial charge is 0.478 e. The van der Waals surface area contributed by atoms with Crippen LogP contribution in [0.5, 0.6) is 0 Å². The van der Waals surface area contributed by atoms with E-state index < -0.39 is 10.9 Å². The Hall–Kier alpha value is -2.02. The first-order valence-electron chi connectivity index (χ1n) is 6.60. The number of nitrogens with zero attached hydrogens (tertiary/aromatic N) is 2. The lowest BCUT2D eigenvalue weighted by atomic mass is 10.1. The van der Waals surface area contributed by atoms with E-state index in [1.165, 1.54) is 12.1 Å². The highest BCUT2D eigenvalue weighted by molar-refractivity contribution is 7.99. The third-order valence-electron chi connectivity index (χ3n) is 3.20. The molecule has 1 aliphatic heterocycles. The van der Waals surface area contributed by atoms with Gasteiger partial charge >= 0.3 is 5.97 Å². The van der Waals surface area contributed by atoms with Gasteiger partial charge in [-0.3, -0.25) is 10.1 Å². The molecular formula is C14H16N2O4S. The van der Waals surface area contributed by atoms with E-state index in [0.29, 0.717) is 5.56 Å². The molecule has 1 fully saturated rings. The van der Waals surface area contributed by atoms with E-state index in [4.69, 9.17) is 5.11 Å². The molecule has 0 aliphatic carbocycles. The van der Waals surface area contributed by atoms with Gasteiger partial charge in [-0.15, -0.1) is 0 Å². The summed E-state index contributed by atoms with van der Waals surface area (Å²) in [7, 11) is 0. The average molecular weight is 308 g/mol. The molecule has 0 atom stereocenters. The maximum Gasteiger partial charge on any atom is 0.328 e. The second-order valence-corrected chi connectivity index (χ2v) is 5.85. The summed E-state index contributed by atoms with van der Waals surface area (Å²) in [6, 6.07) is 4.86. The summed E-state index contributed by atoms with van der Waals surface area (Å²) in [6.45, 7) is 1.80. The van der Waals surface area contributed by atoms with Gasteiger partial charge in [-0.2, -0.15) is 11.8 Å². The second-order valence-electron chi connectivity index (χ2n) is 4.62. The van der Waals surface area contributed by atoms with Gasteiger partial charge in [-0.25, -0.2) is 4.79 Å². The number of anilines is 1. The van der Waals surface area contributed by atoms with Gasteiger partial charge < -0.3 is 10.0 Å². The lowest BCUT2D eigenvalue weighted by Crippen LogP contribution is -2.25. The van der Waals surface area contributed by atoms with Crippen molar-refractivity contribution in [1.82, 2.24) is 0 Å². The van der Waals surface area contributed by atoms with Gasteiger partial charge in [-0.1, -0.05) is 0 Å². The molecule has 1 aliphatic rings. The van der Waals surface area contributed by atoms with Crippen LogP contribution in [0.4, 0.5) is 11.4 Å². The van der Waals surface area contributed by atoms with Gasteiger partial charge in [0.1, 0.15) is 0 Å². The first-order valence-corrected chi connectivity index (χ1v) is 7.75. The van der Waals surface area contributed by atoms with E-state index in [1.807, 2.05) is 11.8 Å². The zero-order valence-corrected chi connectivity index (χ0v) is 12.2. The number of carboxylic acids is 1. The Morgan fingerprint density at radius 2 is 2.19 bits per heavy atom. The van der Waals surface area contributed by atoms with Crippen LogP contribution in [0.1, 0.15) is 12.0 Å². The van der Waals surface area contributed by atoms with Crippen molar-refractivity contribution in [3.05, 3.63) is 40.0 Å². The van der Waals surface area contributed by atoms with Crippen LogP contribution in [-0.4, -0.2) is 40.6 Å². The van der Waals surface area contributed by atoms with Crippen molar-refractivity contribution in [1.29, 1.82) is 0 Å². The fourth-order valence-electron chi connectivity index (χ4n) is 2.20. The summed E-state index contributed by atoms with van der Waals surface area (Å²) in [4.78, 5) is 23.3. The molecule has 0 saturated carbocycles. The molecule has 7 heteroatoms. The molecule has 6 nitrogen and oxygen atoms in total. The van der Waals surface area contributed by atoms with Gasteiger partial charge in [0.05, 0.1) is 10.5 Å². The number of carboxylic acid groups (broad SMARTS) is 1. The molecule has 0 amide bonds. The Morgan fingerprint density at radius 3 is 2.90 bits per heavy atom. The first kappa shape index (κ1) is 15.4. The van der Waals surface area contributed by atoms with Crippen molar-refractivity contribution in [2.24, 2.45) is 0 Å². The molecule has 0 bridgehead atoms. The number of rotatable bonds is 4. The summed E-state index contributed by atoms with van der Waals surface area (Å²) >= 11 is 1.90.